The van der Waals surface area contributed by atoms with Crippen molar-refractivity contribution in [2.45, 2.75) is 18.9 Å². The Bertz CT molecular complexity index is 405. The number of aromatic nitrogens is 2. The molecule has 2 N–H and O–H groups in total. The van der Waals surface area contributed by atoms with Gasteiger partial charge in [-0.25, -0.2) is 0 Å². The van der Waals surface area contributed by atoms with Gasteiger partial charge in [0.25, 0.3) is 0 Å². The minimum Gasteiger partial charge on any atom is -0.469 e. The molecule has 1 atom stereocenters. The number of hydrogen-bond acceptors (Lipinski definition) is 3. The highest BCUT2D eigenvalue weighted by atomic mass is 16.3. The van der Waals surface area contributed by atoms with E-state index in [1.54, 1.807) is 10.9 Å². The molecule has 0 aromatic carbocycles. The largest absolute Gasteiger partial charge is 0.469 e. The van der Waals surface area contributed by atoms with E-state index >= 15 is 0 Å². The Balaban J connectivity index is 1.90. The molecule has 80 valence electrons. The zero-order chi connectivity index (χ0) is 10.7. The molecule has 4 nitrogen and oxygen atoms in total. The summed E-state index contributed by atoms with van der Waals surface area (Å²) in [6.07, 6.45) is 5.29. The molecule has 0 bridgehead atoms. The van der Waals surface area contributed by atoms with Gasteiger partial charge in [0, 0.05) is 25.7 Å². The summed E-state index contributed by atoms with van der Waals surface area (Å²) in [4.78, 5) is 0. The van der Waals surface area contributed by atoms with Crippen LogP contribution < -0.4 is 5.73 Å². The molecule has 1 unspecified atom stereocenters. The Hall–Kier alpha value is -1.55. The lowest BCUT2D eigenvalue weighted by Crippen LogP contribution is -2.12. The molecule has 2 rings (SSSR count). The number of aryl methyl sites for hydroxylation is 2. The standard InChI is InChI=1S/C11H15N3O/c1-14-7-6-11(13-14)10(12)5-4-9-3-2-8-15-9/h2-3,6-8,10H,4-5,12H2,1H3. The van der Waals surface area contributed by atoms with Gasteiger partial charge in [-0.2, -0.15) is 5.10 Å². The highest BCUT2D eigenvalue weighted by molar-refractivity contribution is 5.06. The first-order valence-corrected chi connectivity index (χ1v) is 5.03. The van der Waals surface area contributed by atoms with Gasteiger partial charge in [0.1, 0.15) is 5.76 Å². The van der Waals surface area contributed by atoms with Crippen molar-refractivity contribution in [2.24, 2.45) is 12.8 Å². The quantitative estimate of drug-likeness (QED) is 0.825. The third-order valence-electron chi connectivity index (χ3n) is 2.40. The molecular formula is C11H15N3O. The third-order valence-corrected chi connectivity index (χ3v) is 2.40. The fraction of sp³-hybridized carbons (Fsp3) is 0.364. The first-order valence-electron chi connectivity index (χ1n) is 5.03. The fourth-order valence-corrected chi connectivity index (χ4v) is 1.53. The molecule has 2 heterocycles. The Morgan fingerprint density at radius 1 is 1.53 bits per heavy atom. The maximum absolute atomic E-state index is 6.01. The molecule has 4 heteroatoms. The summed E-state index contributed by atoms with van der Waals surface area (Å²) in [5, 5.41) is 4.27. The van der Waals surface area contributed by atoms with Crippen LogP contribution in [-0.2, 0) is 13.5 Å². The topological polar surface area (TPSA) is 57.0 Å². The van der Waals surface area contributed by atoms with Crippen molar-refractivity contribution < 1.29 is 4.42 Å². The van der Waals surface area contributed by atoms with Crippen LogP contribution in [0, 0.1) is 0 Å². The molecule has 0 spiro atoms. The number of nitrogens with zero attached hydrogens (tertiary/aromatic N) is 2. The smallest absolute Gasteiger partial charge is 0.103 e. The molecule has 0 aliphatic heterocycles. The minimum absolute atomic E-state index is 0.0173. The van der Waals surface area contributed by atoms with Crippen LogP contribution in [0.3, 0.4) is 0 Å². The molecule has 0 aliphatic rings. The lowest BCUT2D eigenvalue weighted by molar-refractivity contribution is 0.485. The van der Waals surface area contributed by atoms with Crippen molar-refractivity contribution >= 4 is 0 Å². The lowest BCUT2D eigenvalue weighted by atomic mass is 10.1. The number of rotatable bonds is 4. The van der Waals surface area contributed by atoms with Gasteiger partial charge < -0.3 is 10.2 Å². The van der Waals surface area contributed by atoms with Crippen molar-refractivity contribution in [3.63, 3.8) is 0 Å². The summed E-state index contributed by atoms with van der Waals surface area (Å²) in [6.45, 7) is 0. The summed E-state index contributed by atoms with van der Waals surface area (Å²) in [5.74, 6) is 0.974. The average molecular weight is 205 g/mol. The molecule has 0 radical (unpaired) electrons. The Kier molecular flexibility index (Phi) is 2.87. The van der Waals surface area contributed by atoms with E-state index in [1.807, 2.05) is 31.4 Å². The van der Waals surface area contributed by atoms with Gasteiger partial charge in [-0.3, -0.25) is 4.68 Å². The molecule has 2 aromatic rings. The van der Waals surface area contributed by atoms with Crippen LogP contribution in [0.15, 0.2) is 35.1 Å². The van der Waals surface area contributed by atoms with Crippen LogP contribution in [0.25, 0.3) is 0 Å². The van der Waals surface area contributed by atoms with Gasteiger partial charge in [0.2, 0.25) is 0 Å². The molecule has 2 aromatic heterocycles. The molecule has 0 fully saturated rings. The van der Waals surface area contributed by atoms with Gasteiger partial charge in [-0.15, -0.1) is 0 Å². The van der Waals surface area contributed by atoms with E-state index in [0.717, 1.165) is 24.3 Å². The van der Waals surface area contributed by atoms with Gasteiger partial charge in [0.05, 0.1) is 12.0 Å². The first kappa shape index (κ1) is 9.98. The van der Waals surface area contributed by atoms with E-state index in [0.29, 0.717) is 0 Å². The van der Waals surface area contributed by atoms with E-state index in [4.69, 9.17) is 10.2 Å². The molecular weight excluding hydrogens is 190 g/mol. The second-order valence-corrected chi connectivity index (χ2v) is 3.64. The Labute approximate surface area is 88.7 Å². The highest BCUT2D eigenvalue weighted by Crippen LogP contribution is 2.14. The number of nitrogens with two attached hydrogens (primary N) is 1. The van der Waals surface area contributed by atoms with Gasteiger partial charge in [-0.05, 0) is 24.6 Å². The van der Waals surface area contributed by atoms with E-state index in [2.05, 4.69) is 5.10 Å². The Morgan fingerprint density at radius 2 is 2.40 bits per heavy atom. The van der Waals surface area contributed by atoms with Crippen LogP contribution in [0.1, 0.15) is 23.9 Å². The molecule has 15 heavy (non-hydrogen) atoms. The SMILES string of the molecule is Cn1ccc(C(N)CCc2ccco2)n1. The van der Waals surface area contributed by atoms with Crippen molar-refractivity contribution in [3.8, 4) is 0 Å². The number of furan rings is 1. The Morgan fingerprint density at radius 3 is 3.00 bits per heavy atom. The molecule has 0 aliphatic carbocycles. The summed E-state index contributed by atoms with van der Waals surface area (Å²) in [6, 6.07) is 5.79. The monoisotopic (exact) mass is 205 g/mol. The zero-order valence-electron chi connectivity index (χ0n) is 8.76. The second kappa shape index (κ2) is 4.31. The van der Waals surface area contributed by atoms with Crippen LogP contribution in [-0.4, -0.2) is 9.78 Å². The number of hydrogen-bond donors (Lipinski definition) is 1. The van der Waals surface area contributed by atoms with Crippen molar-refractivity contribution in [1.82, 2.24) is 9.78 Å². The van der Waals surface area contributed by atoms with Crippen LogP contribution in [0.4, 0.5) is 0 Å². The normalized spacial score (nSPS) is 12.9. The van der Waals surface area contributed by atoms with Gasteiger partial charge >= 0.3 is 0 Å². The van der Waals surface area contributed by atoms with E-state index in [9.17, 15) is 0 Å². The van der Waals surface area contributed by atoms with E-state index < -0.39 is 0 Å². The van der Waals surface area contributed by atoms with Crippen molar-refractivity contribution in [1.29, 1.82) is 0 Å². The third kappa shape index (κ3) is 2.47. The summed E-state index contributed by atoms with van der Waals surface area (Å²) >= 11 is 0. The predicted molar refractivity (Wildman–Crippen MR) is 57.2 cm³/mol. The van der Waals surface area contributed by atoms with E-state index in [-0.39, 0.29) is 6.04 Å². The maximum atomic E-state index is 6.01. The summed E-state index contributed by atoms with van der Waals surface area (Å²) in [5.41, 5.74) is 6.94. The molecule has 0 saturated carbocycles. The predicted octanol–water partition coefficient (Wildman–Crippen LogP) is 1.65. The van der Waals surface area contributed by atoms with Crippen molar-refractivity contribution in [2.75, 3.05) is 0 Å². The lowest BCUT2D eigenvalue weighted by Gasteiger charge is -2.06. The van der Waals surface area contributed by atoms with Crippen molar-refractivity contribution in [3.05, 3.63) is 42.1 Å². The second-order valence-electron chi connectivity index (χ2n) is 3.64. The highest BCUT2D eigenvalue weighted by Gasteiger charge is 2.09. The maximum Gasteiger partial charge on any atom is 0.103 e. The van der Waals surface area contributed by atoms with Gasteiger partial charge in [-0.1, -0.05) is 0 Å². The average Bonchev–Trinajstić information content (AvgIpc) is 2.84. The zero-order valence-corrected chi connectivity index (χ0v) is 8.76. The van der Waals surface area contributed by atoms with Gasteiger partial charge in [0.15, 0.2) is 0 Å². The first-order chi connectivity index (χ1) is 7.25. The van der Waals surface area contributed by atoms with Crippen LogP contribution in [0.2, 0.25) is 0 Å². The van der Waals surface area contributed by atoms with Crippen LogP contribution in [0.5, 0.6) is 0 Å². The molecule has 0 amide bonds. The molecule has 0 saturated heterocycles. The minimum atomic E-state index is -0.0173. The fourth-order valence-electron chi connectivity index (χ4n) is 1.53. The van der Waals surface area contributed by atoms with E-state index in [1.165, 1.54) is 0 Å². The summed E-state index contributed by atoms with van der Waals surface area (Å²) < 4.78 is 7.01. The summed E-state index contributed by atoms with van der Waals surface area (Å²) in [7, 11) is 1.89. The van der Waals surface area contributed by atoms with Crippen LogP contribution >= 0.6 is 0 Å².